The molecule has 0 unspecified atom stereocenters. The molecule has 0 atom stereocenters. The van der Waals surface area contributed by atoms with Crippen LogP contribution in [-0.2, 0) is 0 Å². The van der Waals surface area contributed by atoms with Crippen LogP contribution in [0, 0.1) is 28.3 Å². The second-order valence-corrected chi connectivity index (χ2v) is 12.2. The molecule has 0 saturated carbocycles. The monoisotopic (exact) mass is 403 g/mol. The maximum absolute atomic E-state index is 13.4. The fourth-order valence-electron chi connectivity index (χ4n) is 0.840. The predicted molar refractivity (Wildman–Crippen MR) is 57.8 cm³/mol. The van der Waals surface area contributed by atoms with Gasteiger partial charge in [0.15, 0.2) is 0 Å². The van der Waals surface area contributed by atoms with Crippen LogP contribution in [0.2, 0.25) is 8.26 Å². The molecule has 0 fully saturated rings. The van der Waals surface area contributed by atoms with E-state index in [1.54, 1.807) is 0 Å². The van der Waals surface area contributed by atoms with Gasteiger partial charge in [-0.1, -0.05) is 0 Å². The molecule has 0 nitrogen and oxygen atoms in total. The topological polar surface area (TPSA) is 0 Å². The third-order valence-electron chi connectivity index (χ3n) is 1.29. The van der Waals surface area contributed by atoms with Crippen molar-refractivity contribution in [2.75, 3.05) is 5.75 Å². The second kappa shape index (κ2) is 6.61. The van der Waals surface area contributed by atoms with Crippen LogP contribution in [0.4, 0.5) is 2.63 Å². The normalized spacial score (nSPS) is 13.6. The van der Waals surface area contributed by atoms with Crippen LogP contribution in [0.3, 0.4) is 0 Å². The molecule has 3 heteroatoms. The van der Waals surface area contributed by atoms with Crippen LogP contribution in [0.1, 0.15) is 34.6 Å². The van der Waals surface area contributed by atoms with Gasteiger partial charge in [-0.2, -0.15) is 0 Å². The van der Waals surface area contributed by atoms with E-state index in [1.807, 2.05) is 11.8 Å². The van der Waals surface area contributed by atoms with Gasteiger partial charge in [0.05, 0.1) is 0 Å². The van der Waals surface area contributed by atoms with Crippen molar-refractivity contribution in [3.63, 3.8) is 0 Å². The van der Waals surface area contributed by atoms with Crippen molar-refractivity contribution in [3.8, 4) is 0 Å². The van der Waals surface area contributed by atoms with Crippen molar-refractivity contribution in [3.05, 3.63) is 0 Å². The molecule has 0 aromatic heterocycles. The van der Waals surface area contributed by atoms with Crippen molar-refractivity contribution >= 4 is 11.8 Å². The summed E-state index contributed by atoms with van der Waals surface area (Å²) in [4.78, 5) is 0. The quantitative estimate of drug-likeness (QED) is 0.651. The Bertz CT molecular complexity index is 131. The molecule has 13 heavy (non-hydrogen) atoms. The van der Waals surface area contributed by atoms with Gasteiger partial charge in [-0.15, -0.1) is 0 Å². The van der Waals surface area contributed by atoms with E-state index < -0.39 is 22.4 Å². The van der Waals surface area contributed by atoms with Crippen LogP contribution < -0.4 is 0 Å². The first-order chi connectivity index (χ1) is 5.81. The van der Waals surface area contributed by atoms with Gasteiger partial charge < -0.3 is 0 Å². The van der Waals surface area contributed by atoms with Gasteiger partial charge in [0.2, 0.25) is 0 Å². The average molecular weight is 403 g/mol. The van der Waals surface area contributed by atoms with Gasteiger partial charge in [-0.25, -0.2) is 0 Å². The summed E-state index contributed by atoms with van der Waals surface area (Å²) < 4.78 is 15.5. The summed E-state index contributed by atoms with van der Waals surface area (Å²) in [6.45, 7) is 10.8. The first kappa shape index (κ1) is 14.2. The third kappa shape index (κ3) is 11.1. The van der Waals surface area contributed by atoms with Crippen molar-refractivity contribution in [1.29, 1.82) is 0 Å². The van der Waals surface area contributed by atoms with Crippen molar-refractivity contribution in [1.82, 2.24) is 0 Å². The Morgan fingerprint density at radius 3 is 2.23 bits per heavy atom. The Hall–Kier alpha value is 1.16. The zero-order chi connectivity index (χ0) is 10.5. The van der Waals surface area contributed by atoms with E-state index in [1.165, 1.54) is 0 Å². The van der Waals surface area contributed by atoms with Crippen molar-refractivity contribution in [2.45, 2.75) is 47.6 Å². The zero-order valence-electron chi connectivity index (χ0n) is 9.36. The summed E-state index contributed by atoms with van der Waals surface area (Å²) >= 11 is -0.398. The first-order valence-corrected chi connectivity index (χ1v) is 11.0. The summed E-state index contributed by atoms with van der Waals surface area (Å²) in [5, 5.41) is 0. The SMILES string of the molecule is CC(C)C[At](F)CCSC(C)(C)C. The minimum absolute atomic E-state index is 0.305. The van der Waals surface area contributed by atoms with Gasteiger partial charge in [0.1, 0.15) is 0 Å². The van der Waals surface area contributed by atoms with Crippen LogP contribution >= 0.6 is 11.8 Å². The fourth-order valence-corrected chi connectivity index (χ4v) is 7.75. The first-order valence-electron chi connectivity index (χ1n) is 4.73. The molecule has 0 aromatic rings. The molecule has 0 rings (SSSR count). The van der Waals surface area contributed by atoms with E-state index in [4.69, 9.17) is 0 Å². The summed E-state index contributed by atoms with van der Waals surface area (Å²) in [5.41, 5.74) is 0. The number of halogens is 1. The minimum atomic E-state index is -2.29. The molecule has 82 valence electrons. The van der Waals surface area contributed by atoms with E-state index in [9.17, 15) is 2.63 Å². The Balaban J connectivity index is 3.42. The Morgan fingerprint density at radius 2 is 1.85 bits per heavy atom. The fraction of sp³-hybridized carbons (Fsp3) is 1.00. The standard InChI is InChI=1S/C10H22AtFS/c1-9(2)8-11(12)6-7-13-10(3,4)5/h9H,6-8H2,1-5H3. The van der Waals surface area contributed by atoms with Crippen LogP contribution in [0.15, 0.2) is 0 Å². The summed E-state index contributed by atoms with van der Waals surface area (Å²) in [6, 6.07) is 0. The van der Waals surface area contributed by atoms with Gasteiger partial charge in [-0.05, 0) is 0 Å². The molecule has 0 aliphatic carbocycles. The van der Waals surface area contributed by atoms with E-state index in [0.717, 1.165) is 14.0 Å². The molecular formula is C10H22AtFS. The predicted octanol–water partition coefficient (Wildman–Crippen LogP) is 4.52. The van der Waals surface area contributed by atoms with Gasteiger partial charge in [0.25, 0.3) is 0 Å². The van der Waals surface area contributed by atoms with E-state index >= 15 is 0 Å². The molecule has 0 aliphatic rings. The van der Waals surface area contributed by atoms with E-state index in [-0.39, 0.29) is 0 Å². The average Bonchev–Trinajstić information content (AvgIpc) is 1.81. The van der Waals surface area contributed by atoms with E-state index in [2.05, 4.69) is 34.6 Å². The molecule has 0 aliphatic heterocycles. The number of rotatable bonds is 5. The molecule has 0 saturated heterocycles. The van der Waals surface area contributed by atoms with E-state index in [0.29, 0.717) is 10.7 Å². The molecule has 0 amide bonds. The Kier molecular flexibility index (Phi) is 7.20. The summed E-state index contributed by atoms with van der Waals surface area (Å²) in [6.07, 6.45) is 0. The van der Waals surface area contributed by atoms with Gasteiger partial charge in [-0.3, -0.25) is 0 Å². The summed E-state index contributed by atoms with van der Waals surface area (Å²) in [5.74, 6) is 1.59. The zero-order valence-corrected chi connectivity index (χ0v) is 13.1. The molecule has 0 aromatic carbocycles. The number of hydrogen-bond acceptors (Lipinski definition) is 1. The molecule has 0 bridgehead atoms. The molecular weight excluding hydrogens is 381 g/mol. The van der Waals surface area contributed by atoms with Gasteiger partial charge >= 0.3 is 96.0 Å². The molecule has 0 heterocycles. The van der Waals surface area contributed by atoms with Gasteiger partial charge in [0, 0.05) is 0 Å². The number of thioether (sulfide) groups is 1. The molecule has 0 spiro atoms. The summed E-state index contributed by atoms with van der Waals surface area (Å²) in [7, 11) is 0. The molecule has 0 N–H and O–H groups in total. The number of hydrogen-bond donors (Lipinski definition) is 0. The van der Waals surface area contributed by atoms with Crippen molar-refractivity contribution in [2.24, 2.45) is 5.92 Å². The van der Waals surface area contributed by atoms with Crippen LogP contribution in [-0.4, -0.2) is 10.5 Å². The van der Waals surface area contributed by atoms with Crippen molar-refractivity contribution < 1.29 is 25.0 Å². The second-order valence-electron chi connectivity index (χ2n) is 4.59. The Morgan fingerprint density at radius 1 is 1.31 bits per heavy atom. The Labute approximate surface area is 95.6 Å². The van der Waals surface area contributed by atoms with Crippen LogP contribution in [0.25, 0.3) is 0 Å². The third-order valence-corrected chi connectivity index (χ3v) is 9.61. The molecule has 0 radical (unpaired) electrons. The van der Waals surface area contributed by atoms with Crippen LogP contribution in [0.5, 0.6) is 0 Å². The maximum atomic E-state index is 13.4.